The lowest BCUT2D eigenvalue weighted by Gasteiger charge is -2.35. The normalized spacial score (nSPS) is 17.4. The first-order valence-corrected chi connectivity index (χ1v) is 12.6. The van der Waals surface area contributed by atoms with Crippen LogP contribution in [0.2, 0.25) is 0 Å². The molecule has 1 aliphatic carbocycles. The maximum Gasteiger partial charge on any atom is 0.254 e. The highest BCUT2D eigenvalue weighted by Gasteiger charge is 2.29. The fourth-order valence-corrected chi connectivity index (χ4v) is 5.24. The van der Waals surface area contributed by atoms with Crippen molar-refractivity contribution in [2.24, 2.45) is 0 Å². The van der Waals surface area contributed by atoms with E-state index in [1.165, 1.54) is 11.6 Å². The standard InChI is InChI=1S/C24H31N3O4S/c1-18-3-10-22(32(29,30)25-20-6-7-20)17-23(18)24(28)27-15-13-26(14-16-27)12-11-19-4-8-21(31-2)9-5-19/h3-5,8-10,17,20,25H,6-7,11-16H2,1-2H3. The Morgan fingerprint density at radius 2 is 1.75 bits per heavy atom. The molecule has 0 radical (unpaired) electrons. The van der Waals surface area contributed by atoms with Gasteiger partial charge < -0.3 is 9.64 Å². The molecule has 1 N–H and O–H groups in total. The number of nitrogens with zero attached hydrogens (tertiary/aromatic N) is 2. The summed E-state index contributed by atoms with van der Waals surface area (Å²) in [6, 6.07) is 13.0. The molecule has 2 fully saturated rings. The molecule has 2 aromatic rings. The molecule has 2 aliphatic rings. The Kier molecular flexibility index (Phi) is 6.83. The Morgan fingerprint density at radius 1 is 1.06 bits per heavy atom. The van der Waals surface area contributed by atoms with E-state index in [0.29, 0.717) is 18.7 Å². The van der Waals surface area contributed by atoms with Crippen LogP contribution in [0.25, 0.3) is 0 Å². The van der Waals surface area contributed by atoms with Gasteiger partial charge >= 0.3 is 0 Å². The van der Waals surface area contributed by atoms with Crippen LogP contribution in [0.4, 0.5) is 0 Å². The molecule has 1 saturated heterocycles. The number of nitrogens with one attached hydrogen (secondary N) is 1. The molecule has 1 amide bonds. The van der Waals surface area contributed by atoms with Gasteiger partial charge in [-0.05, 0) is 61.6 Å². The van der Waals surface area contributed by atoms with Crippen molar-refractivity contribution in [3.63, 3.8) is 0 Å². The van der Waals surface area contributed by atoms with Gasteiger partial charge in [0.15, 0.2) is 0 Å². The third-order valence-electron chi connectivity index (χ3n) is 6.18. The maximum absolute atomic E-state index is 13.2. The van der Waals surface area contributed by atoms with E-state index in [9.17, 15) is 13.2 Å². The number of sulfonamides is 1. The van der Waals surface area contributed by atoms with Gasteiger partial charge in [0.25, 0.3) is 5.91 Å². The monoisotopic (exact) mass is 457 g/mol. The minimum Gasteiger partial charge on any atom is -0.497 e. The highest BCUT2D eigenvalue weighted by Crippen LogP contribution is 2.24. The Balaban J connectivity index is 1.34. The molecule has 0 atom stereocenters. The minimum absolute atomic E-state index is 0.0337. The number of carbonyl (C=O) groups is 1. The summed E-state index contributed by atoms with van der Waals surface area (Å²) in [5, 5.41) is 0. The molecule has 1 saturated carbocycles. The Hall–Kier alpha value is -2.42. The summed E-state index contributed by atoms with van der Waals surface area (Å²) in [5.41, 5.74) is 2.52. The molecule has 0 bridgehead atoms. The first kappa shape index (κ1) is 22.8. The van der Waals surface area contributed by atoms with Crippen LogP contribution >= 0.6 is 0 Å². The van der Waals surface area contributed by atoms with Crippen molar-refractivity contribution in [1.29, 1.82) is 0 Å². The highest BCUT2D eigenvalue weighted by molar-refractivity contribution is 7.89. The lowest BCUT2D eigenvalue weighted by molar-refractivity contribution is 0.0637. The number of hydrogen-bond donors (Lipinski definition) is 1. The molecule has 1 aliphatic heterocycles. The molecule has 0 unspecified atom stereocenters. The van der Waals surface area contributed by atoms with Crippen LogP contribution in [0.15, 0.2) is 47.4 Å². The molecular formula is C24H31N3O4S. The molecule has 7 nitrogen and oxygen atoms in total. The van der Waals surface area contributed by atoms with E-state index in [-0.39, 0.29) is 16.8 Å². The summed E-state index contributed by atoms with van der Waals surface area (Å²) in [6.07, 6.45) is 2.70. The SMILES string of the molecule is COc1ccc(CCN2CCN(C(=O)c3cc(S(=O)(=O)NC4CC4)ccc3C)CC2)cc1. The molecule has 4 rings (SSSR count). The average molecular weight is 458 g/mol. The summed E-state index contributed by atoms with van der Waals surface area (Å²) in [6.45, 7) is 5.68. The predicted molar refractivity (Wildman–Crippen MR) is 124 cm³/mol. The van der Waals surface area contributed by atoms with Crippen LogP contribution in [-0.2, 0) is 16.4 Å². The molecule has 32 heavy (non-hydrogen) atoms. The van der Waals surface area contributed by atoms with Gasteiger partial charge in [-0.2, -0.15) is 0 Å². The fraction of sp³-hybridized carbons (Fsp3) is 0.458. The molecule has 0 aromatic heterocycles. The van der Waals surface area contributed by atoms with Crippen molar-refractivity contribution >= 4 is 15.9 Å². The van der Waals surface area contributed by atoms with E-state index in [2.05, 4.69) is 21.8 Å². The molecule has 2 aromatic carbocycles. The fourth-order valence-electron chi connectivity index (χ4n) is 3.91. The van der Waals surface area contributed by atoms with Crippen LogP contribution in [0.3, 0.4) is 0 Å². The third-order valence-corrected chi connectivity index (χ3v) is 7.70. The summed E-state index contributed by atoms with van der Waals surface area (Å²) in [5.74, 6) is 0.761. The van der Waals surface area contributed by atoms with Gasteiger partial charge in [0.05, 0.1) is 12.0 Å². The average Bonchev–Trinajstić information content (AvgIpc) is 3.61. The molecule has 0 spiro atoms. The van der Waals surface area contributed by atoms with E-state index < -0.39 is 10.0 Å². The van der Waals surface area contributed by atoms with Crippen molar-refractivity contribution in [3.05, 3.63) is 59.2 Å². The van der Waals surface area contributed by atoms with Crippen LogP contribution in [0, 0.1) is 6.92 Å². The first-order valence-electron chi connectivity index (χ1n) is 11.1. The van der Waals surface area contributed by atoms with Crippen molar-refractivity contribution < 1.29 is 17.9 Å². The van der Waals surface area contributed by atoms with Gasteiger partial charge in [-0.1, -0.05) is 18.2 Å². The number of ether oxygens (including phenoxy) is 1. The first-order chi connectivity index (χ1) is 15.4. The van der Waals surface area contributed by atoms with Gasteiger partial charge in [0.2, 0.25) is 10.0 Å². The second-order valence-corrected chi connectivity index (χ2v) is 10.3. The summed E-state index contributed by atoms with van der Waals surface area (Å²) < 4.78 is 33.0. The van der Waals surface area contributed by atoms with E-state index in [4.69, 9.17) is 4.74 Å². The Labute approximate surface area is 190 Å². The summed E-state index contributed by atoms with van der Waals surface area (Å²) >= 11 is 0. The van der Waals surface area contributed by atoms with Crippen LogP contribution in [-0.4, -0.2) is 70.0 Å². The zero-order valence-electron chi connectivity index (χ0n) is 18.7. The van der Waals surface area contributed by atoms with Crippen molar-refractivity contribution in [2.75, 3.05) is 39.8 Å². The number of rotatable bonds is 8. The van der Waals surface area contributed by atoms with Crippen LogP contribution in [0.5, 0.6) is 5.75 Å². The van der Waals surface area contributed by atoms with Crippen molar-refractivity contribution in [3.8, 4) is 5.75 Å². The lowest BCUT2D eigenvalue weighted by Crippen LogP contribution is -2.49. The number of benzene rings is 2. The molecule has 8 heteroatoms. The highest BCUT2D eigenvalue weighted by atomic mass is 32.2. The minimum atomic E-state index is -3.58. The quantitative estimate of drug-likeness (QED) is 0.659. The summed E-state index contributed by atoms with van der Waals surface area (Å²) in [4.78, 5) is 17.5. The zero-order chi connectivity index (χ0) is 22.7. The second kappa shape index (κ2) is 9.60. The number of hydrogen-bond acceptors (Lipinski definition) is 5. The Bertz CT molecular complexity index is 1060. The van der Waals surface area contributed by atoms with Gasteiger partial charge in [-0.15, -0.1) is 0 Å². The lowest BCUT2D eigenvalue weighted by atomic mass is 10.1. The second-order valence-electron chi connectivity index (χ2n) is 8.60. The van der Waals surface area contributed by atoms with Crippen LogP contribution < -0.4 is 9.46 Å². The van der Waals surface area contributed by atoms with E-state index in [0.717, 1.165) is 50.2 Å². The molecular weight excluding hydrogens is 426 g/mol. The van der Waals surface area contributed by atoms with Crippen molar-refractivity contribution in [2.45, 2.75) is 37.1 Å². The third kappa shape index (κ3) is 5.49. The summed E-state index contributed by atoms with van der Waals surface area (Å²) in [7, 11) is -1.92. The smallest absolute Gasteiger partial charge is 0.254 e. The van der Waals surface area contributed by atoms with Gasteiger partial charge in [-0.25, -0.2) is 13.1 Å². The number of aryl methyl sites for hydroxylation is 1. The van der Waals surface area contributed by atoms with Crippen LogP contribution in [0.1, 0.15) is 34.3 Å². The zero-order valence-corrected chi connectivity index (χ0v) is 19.5. The predicted octanol–water partition coefficient (Wildman–Crippen LogP) is 2.44. The number of amides is 1. The topological polar surface area (TPSA) is 79.0 Å². The van der Waals surface area contributed by atoms with E-state index >= 15 is 0 Å². The van der Waals surface area contributed by atoms with Gasteiger partial charge in [0, 0.05) is 44.3 Å². The van der Waals surface area contributed by atoms with Crippen molar-refractivity contribution in [1.82, 2.24) is 14.5 Å². The molecule has 1 heterocycles. The van der Waals surface area contributed by atoms with E-state index in [1.807, 2.05) is 24.0 Å². The van der Waals surface area contributed by atoms with Gasteiger partial charge in [-0.3, -0.25) is 9.69 Å². The number of carbonyl (C=O) groups excluding carboxylic acids is 1. The van der Waals surface area contributed by atoms with E-state index in [1.54, 1.807) is 19.2 Å². The number of methoxy groups -OCH3 is 1. The van der Waals surface area contributed by atoms with Gasteiger partial charge in [0.1, 0.15) is 5.75 Å². The largest absolute Gasteiger partial charge is 0.497 e. The molecule has 172 valence electrons. The number of piperazine rings is 1. The maximum atomic E-state index is 13.2. The Morgan fingerprint density at radius 3 is 2.38 bits per heavy atom.